The van der Waals surface area contributed by atoms with Crippen molar-refractivity contribution in [3.05, 3.63) is 41.1 Å². The Morgan fingerprint density at radius 2 is 2.19 bits per heavy atom. The van der Waals surface area contributed by atoms with E-state index in [0.29, 0.717) is 5.69 Å². The minimum atomic E-state index is -3.22. The molecule has 0 saturated heterocycles. The number of rotatable bonds is 4. The molecule has 0 aromatic carbocycles. The van der Waals surface area contributed by atoms with E-state index in [1.54, 1.807) is 0 Å². The first-order chi connectivity index (χ1) is 9.85. The fourth-order valence-corrected chi connectivity index (χ4v) is 3.00. The van der Waals surface area contributed by atoms with E-state index in [1.807, 2.05) is 0 Å². The lowest BCUT2D eigenvalue weighted by atomic mass is 10.2. The Balaban J connectivity index is 1.86. The van der Waals surface area contributed by atoms with Gasteiger partial charge in [0.1, 0.15) is 0 Å². The molecule has 1 atom stereocenters. The number of nitrogens with one attached hydrogen (secondary N) is 2. The monoisotopic (exact) mass is 311 g/mol. The van der Waals surface area contributed by atoms with Crippen molar-refractivity contribution in [2.45, 2.75) is 12.6 Å². The Bertz CT molecular complexity index is 699. The van der Waals surface area contributed by atoms with Gasteiger partial charge in [0.2, 0.25) is 0 Å². The Kier molecular flexibility index (Phi) is 4.22. The predicted molar refractivity (Wildman–Crippen MR) is 73.3 cm³/mol. The van der Waals surface area contributed by atoms with Gasteiger partial charge in [0.15, 0.2) is 9.84 Å². The van der Waals surface area contributed by atoms with Crippen molar-refractivity contribution in [3.8, 4) is 0 Å². The fourth-order valence-electron chi connectivity index (χ4n) is 1.76. The summed E-state index contributed by atoms with van der Waals surface area (Å²) in [6.45, 7) is 0.0378. The van der Waals surface area contributed by atoms with Crippen molar-refractivity contribution < 1.29 is 23.1 Å². The number of hydrogen-bond acceptors (Lipinski definition) is 5. The van der Waals surface area contributed by atoms with E-state index in [4.69, 9.17) is 5.11 Å². The Labute approximate surface area is 120 Å². The molecule has 1 aromatic rings. The lowest BCUT2D eigenvalue weighted by Crippen LogP contribution is -2.42. The number of carbonyl (C=O) groups excluding carboxylic acids is 1. The second kappa shape index (κ2) is 5.92. The maximum absolute atomic E-state index is 11.6. The highest BCUT2D eigenvalue weighted by molar-refractivity contribution is 7.94. The highest BCUT2D eigenvalue weighted by Crippen LogP contribution is 2.07. The van der Waals surface area contributed by atoms with Crippen LogP contribution in [0.5, 0.6) is 0 Å². The van der Waals surface area contributed by atoms with Crippen LogP contribution >= 0.6 is 0 Å². The van der Waals surface area contributed by atoms with Crippen LogP contribution in [-0.2, 0) is 16.4 Å². The van der Waals surface area contributed by atoms with Gasteiger partial charge in [-0.05, 0) is 18.2 Å². The molecule has 0 radical (unpaired) electrons. The summed E-state index contributed by atoms with van der Waals surface area (Å²) in [5.41, 5.74) is 0.465. The van der Waals surface area contributed by atoms with Crippen LogP contribution in [0.15, 0.2) is 29.8 Å². The lowest BCUT2D eigenvalue weighted by Gasteiger charge is -2.11. The number of aromatic nitrogens is 1. The Morgan fingerprint density at radius 3 is 2.81 bits per heavy atom. The number of nitrogens with zero attached hydrogens (tertiary/aromatic N) is 1. The molecule has 3 N–H and O–H groups in total. The molecule has 2 heterocycles. The van der Waals surface area contributed by atoms with Crippen molar-refractivity contribution in [1.29, 1.82) is 0 Å². The zero-order valence-electron chi connectivity index (χ0n) is 10.8. The molecule has 0 spiro atoms. The summed E-state index contributed by atoms with van der Waals surface area (Å²) >= 11 is 0. The Morgan fingerprint density at radius 1 is 1.43 bits per heavy atom. The normalized spacial score (nSPS) is 19.1. The van der Waals surface area contributed by atoms with Crippen LogP contribution in [0.2, 0.25) is 0 Å². The molecule has 1 aromatic heterocycles. The molecular formula is C12H13N3O5S. The summed E-state index contributed by atoms with van der Waals surface area (Å²) in [6, 6.07) is 1.58. The molecule has 2 amide bonds. The van der Waals surface area contributed by atoms with Crippen molar-refractivity contribution in [3.63, 3.8) is 0 Å². The van der Waals surface area contributed by atoms with Gasteiger partial charge in [0.25, 0.3) is 0 Å². The van der Waals surface area contributed by atoms with E-state index < -0.39 is 27.9 Å². The Hall–Kier alpha value is -2.42. The zero-order chi connectivity index (χ0) is 15.5. The number of aromatic carboxylic acids is 1. The average molecular weight is 311 g/mol. The third-order valence-corrected chi connectivity index (χ3v) is 4.14. The van der Waals surface area contributed by atoms with Gasteiger partial charge in [-0.2, -0.15) is 0 Å². The molecule has 0 saturated carbocycles. The standard InChI is InChI=1S/C12H13N3O5S/c16-11(17)8-1-3-13-10(5-8)6-14-12(18)15-9-2-4-21(19,20)7-9/h1-5,9H,6-7H2,(H,16,17)(H2,14,15,18). The molecule has 21 heavy (non-hydrogen) atoms. The van der Waals surface area contributed by atoms with Gasteiger partial charge in [-0.15, -0.1) is 0 Å². The molecule has 0 aliphatic carbocycles. The number of carboxylic acid groups (broad SMARTS) is 1. The van der Waals surface area contributed by atoms with Gasteiger partial charge in [-0.25, -0.2) is 18.0 Å². The molecular weight excluding hydrogens is 298 g/mol. The molecule has 0 fully saturated rings. The summed E-state index contributed by atoms with van der Waals surface area (Å²) in [4.78, 5) is 26.3. The van der Waals surface area contributed by atoms with Gasteiger partial charge in [-0.1, -0.05) is 0 Å². The van der Waals surface area contributed by atoms with Crippen molar-refractivity contribution in [2.24, 2.45) is 0 Å². The first-order valence-corrected chi connectivity index (χ1v) is 7.71. The third-order valence-electron chi connectivity index (χ3n) is 2.74. The van der Waals surface area contributed by atoms with E-state index in [2.05, 4.69) is 15.6 Å². The van der Waals surface area contributed by atoms with Crippen molar-refractivity contribution in [1.82, 2.24) is 15.6 Å². The molecule has 8 nitrogen and oxygen atoms in total. The molecule has 2 rings (SSSR count). The summed E-state index contributed by atoms with van der Waals surface area (Å²) < 4.78 is 22.4. The fraction of sp³-hybridized carbons (Fsp3) is 0.250. The smallest absolute Gasteiger partial charge is 0.335 e. The van der Waals surface area contributed by atoms with Crippen LogP contribution in [0.25, 0.3) is 0 Å². The molecule has 0 bridgehead atoms. The quantitative estimate of drug-likeness (QED) is 0.712. The van der Waals surface area contributed by atoms with Crippen LogP contribution in [0.1, 0.15) is 16.1 Å². The van der Waals surface area contributed by atoms with Gasteiger partial charge < -0.3 is 15.7 Å². The summed E-state index contributed by atoms with van der Waals surface area (Å²) in [6.07, 6.45) is 2.74. The summed E-state index contributed by atoms with van der Waals surface area (Å²) in [5.74, 6) is -1.24. The van der Waals surface area contributed by atoms with E-state index in [0.717, 1.165) is 5.41 Å². The highest BCUT2D eigenvalue weighted by atomic mass is 32.2. The minimum Gasteiger partial charge on any atom is -0.478 e. The van der Waals surface area contributed by atoms with Crippen LogP contribution in [0.4, 0.5) is 4.79 Å². The van der Waals surface area contributed by atoms with Crippen LogP contribution in [0.3, 0.4) is 0 Å². The maximum Gasteiger partial charge on any atom is 0.335 e. The van der Waals surface area contributed by atoms with Crippen LogP contribution in [0, 0.1) is 0 Å². The predicted octanol–water partition coefficient (Wildman–Crippen LogP) is -0.110. The molecule has 112 valence electrons. The number of hydrogen-bond donors (Lipinski definition) is 3. The first-order valence-electron chi connectivity index (χ1n) is 5.99. The number of amides is 2. The first kappa shape index (κ1) is 15.0. The van der Waals surface area contributed by atoms with Crippen LogP contribution < -0.4 is 10.6 Å². The molecule has 9 heteroatoms. The number of pyridine rings is 1. The van der Waals surface area contributed by atoms with Crippen LogP contribution in [-0.4, -0.2) is 42.3 Å². The molecule has 1 unspecified atom stereocenters. The van der Waals surface area contributed by atoms with Gasteiger partial charge >= 0.3 is 12.0 Å². The topological polar surface area (TPSA) is 125 Å². The number of carbonyl (C=O) groups is 2. The average Bonchev–Trinajstić information content (AvgIpc) is 2.76. The lowest BCUT2D eigenvalue weighted by molar-refractivity contribution is 0.0696. The largest absolute Gasteiger partial charge is 0.478 e. The second-order valence-electron chi connectivity index (χ2n) is 4.43. The molecule has 1 aliphatic rings. The van der Waals surface area contributed by atoms with Crippen molar-refractivity contribution in [2.75, 3.05) is 5.75 Å². The minimum absolute atomic E-state index is 0.0378. The third kappa shape index (κ3) is 4.28. The second-order valence-corrected chi connectivity index (χ2v) is 6.36. The molecule has 1 aliphatic heterocycles. The van der Waals surface area contributed by atoms with Gasteiger partial charge in [0.05, 0.1) is 29.6 Å². The van der Waals surface area contributed by atoms with E-state index in [1.165, 1.54) is 24.4 Å². The highest BCUT2D eigenvalue weighted by Gasteiger charge is 2.22. The number of sulfone groups is 1. The maximum atomic E-state index is 11.6. The zero-order valence-corrected chi connectivity index (χ0v) is 11.6. The van der Waals surface area contributed by atoms with E-state index in [9.17, 15) is 18.0 Å². The van der Waals surface area contributed by atoms with Crippen molar-refractivity contribution >= 4 is 21.8 Å². The van der Waals surface area contributed by atoms with Gasteiger partial charge in [-0.3, -0.25) is 4.98 Å². The van der Waals surface area contributed by atoms with E-state index in [-0.39, 0.29) is 17.9 Å². The number of urea groups is 1. The summed E-state index contributed by atoms with van der Waals surface area (Å²) in [5, 5.41) is 14.9. The SMILES string of the molecule is O=C(NCc1cc(C(=O)O)ccn1)NC1C=CS(=O)(=O)C1. The summed E-state index contributed by atoms with van der Waals surface area (Å²) in [7, 11) is -3.22. The van der Waals surface area contributed by atoms with E-state index >= 15 is 0 Å². The number of carboxylic acids is 1. The van der Waals surface area contributed by atoms with Gasteiger partial charge in [0, 0.05) is 11.6 Å².